The number of pyridine rings is 1. The second-order valence-corrected chi connectivity index (χ2v) is 3.70. The van der Waals surface area contributed by atoms with Gasteiger partial charge in [-0.25, -0.2) is 9.48 Å². The van der Waals surface area contributed by atoms with E-state index < -0.39 is 11.8 Å². The van der Waals surface area contributed by atoms with E-state index in [0.717, 1.165) is 0 Å². The minimum atomic E-state index is -0.441. The van der Waals surface area contributed by atoms with Gasteiger partial charge in [0.25, 0.3) is 0 Å². The van der Waals surface area contributed by atoms with Crippen LogP contribution in [0, 0.1) is 5.92 Å². The molecule has 0 radical (unpaired) electrons. The maximum absolute atomic E-state index is 11.8. The summed E-state index contributed by atoms with van der Waals surface area (Å²) in [6, 6.07) is 5.27. The first-order valence-corrected chi connectivity index (χ1v) is 4.93. The van der Waals surface area contributed by atoms with Crippen LogP contribution >= 0.6 is 0 Å². The minimum Gasteiger partial charge on any atom is -0.369 e. The van der Waals surface area contributed by atoms with Crippen molar-refractivity contribution in [1.82, 2.24) is 14.2 Å². The van der Waals surface area contributed by atoms with Crippen LogP contribution in [0.15, 0.2) is 29.2 Å². The second kappa shape index (κ2) is 3.80. The molecular weight excluding hydrogens is 208 g/mol. The van der Waals surface area contributed by atoms with Crippen molar-refractivity contribution in [3.05, 3.63) is 34.9 Å². The van der Waals surface area contributed by atoms with Gasteiger partial charge in [-0.2, -0.15) is 0 Å². The molecule has 6 nitrogen and oxygen atoms in total. The number of hydrogen-bond acceptors (Lipinski definition) is 3. The van der Waals surface area contributed by atoms with Crippen molar-refractivity contribution in [2.45, 2.75) is 13.5 Å². The number of hydrogen-bond donors (Lipinski definition) is 1. The first kappa shape index (κ1) is 10.4. The molecule has 0 aliphatic rings. The van der Waals surface area contributed by atoms with Crippen molar-refractivity contribution in [1.29, 1.82) is 0 Å². The molecule has 16 heavy (non-hydrogen) atoms. The monoisotopic (exact) mass is 220 g/mol. The first-order chi connectivity index (χ1) is 7.59. The SMILES string of the molecule is CC(Cn1nc2ccccn2c1=O)C(N)=O. The summed E-state index contributed by atoms with van der Waals surface area (Å²) in [5.74, 6) is -0.855. The molecule has 1 atom stereocenters. The quantitative estimate of drug-likeness (QED) is 0.765. The molecule has 84 valence electrons. The van der Waals surface area contributed by atoms with E-state index in [1.807, 2.05) is 0 Å². The summed E-state index contributed by atoms with van der Waals surface area (Å²) in [5.41, 5.74) is 5.44. The molecule has 2 heterocycles. The van der Waals surface area contributed by atoms with E-state index in [0.29, 0.717) is 5.65 Å². The highest BCUT2D eigenvalue weighted by molar-refractivity contribution is 5.76. The van der Waals surface area contributed by atoms with Crippen LogP contribution in [0.5, 0.6) is 0 Å². The fourth-order valence-electron chi connectivity index (χ4n) is 1.44. The fourth-order valence-corrected chi connectivity index (χ4v) is 1.44. The number of carbonyl (C=O) groups excluding carboxylic acids is 1. The Morgan fingerprint density at radius 1 is 1.56 bits per heavy atom. The summed E-state index contributed by atoms with van der Waals surface area (Å²) in [6.45, 7) is 1.87. The predicted octanol–water partition coefficient (Wildman–Crippen LogP) is -0.383. The Balaban J connectivity index is 2.42. The van der Waals surface area contributed by atoms with Gasteiger partial charge in [-0.1, -0.05) is 13.0 Å². The van der Waals surface area contributed by atoms with Gasteiger partial charge in [-0.05, 0) is 12.1 Å². The number of rotatable bonds is 3. The van der Waals surface area contributed by atoms with E-state index >= 15 is 0 Å². The number of amides is 1. The summed E-state index contributed by atoms with van der Waals surface area (Å²) in [5, 5.41) is 4.09. The fraction of sp³-hybridized carbons (Fsp3) is 0.300. The molecule has 0 aliphatic heterocycles. The second-order valence-electron chi connectivity index (χ2n) is 3.70. The van der Waals surface area contributed by atoms with Crippen LogP contribution in [0.4, 0.5) is 0 Å². The maximum atomic E-state index is 11.8. The zero-order valence-electron chi connectivity index (χ0n) is 8.83. The van der Waals surface area contributed by atoms with Crippen LogP contribution in [0.3, 0.4) is 0 Å². The summed E-state index contributed by atoms with van der Waals surface area (Å²) in [7, 11) is 0. The molecule has 2 aromatic rings. The third-order valence-corrected chi connectivity index (χ3v) is 2.42. The third-order valence-electron chi connectivity index (χ3n) is 2.42. The van der Waals surface area contributed by atoms with E-state index in [4.69, 9.17) is 5.73 Å². The molecule has 0 aliphatic carbocycles. The lowest BCUT2D eigenvalue weighted by molar-refractivity contribution is -0.121. The van der Waals surface area contributed by atoms with E-state index in [2.05, 4.69) is 5.10 Å². The summed E-state index contributed by atoms with van der Waals surface area (Å²) >= 11 is 0. The van der Waals surface area contributed by atoms with Crippen LogP contribution in [0.25, 0.3) is 5.65 Å². The van der Waals surface area contributed by atoms with Gasteiger partial charge >= 0.3 is 5.69 Å². The summed E-state index contributed by atoms with van der Waals surface area (Å²) in [6.07, 6.45) is 1.64. The molecule has 0 fully saturated rings. The van der Waals surface area contributed by atoms with Crippen molar-refractivity contribution >= 4 is 11.6 Å². The van der Waals surface area contributed by atoms with Crippen molar-refractivity contribution in [2.75, 3.05) is 0 Å². The molecule has 6 heteroatoms. The van der Waals surface area contributed by atoms with Gasteiger partial charge in [-0.3, -0.25) is 9.20 Å². The molecule has 2 aromatic heterocycles. The van der Waals surface area contributed by atoms with Crippen LogP contribution in [-0.2, 0) is 11.3 Å². The normalized spacial score (nSPS) is 12.8. The zero-order valence-corrected chi connectivity index (χ0v) is 8.83. The van der Waals surface area contributed by atoms with Crippen molar-refractivity contribution in [3.8, 4) is 0 Å². The Labute approximate surface area is 91.3 Å². The maximum Gasteiger partial charge on any atom is 0.350 e. The highest BCUT2D eigenvalue weighted by atomic mass is 16.2. The molecule has 0 saturated heterocycles. The van der Waals surface area contributed by atoms with Crippen molar-refractivity contribution in [3.63, 3.8) is 0 Å². The molecule has 0 bridgehead atoms. The largest absolute Gasteiger partial charge is 0.369 e. The number of nitrogens with zero attached hydrogens (tertiary/aromatic N) is 3. The Kier molecular flexibility index (Phi) is 2.47. The van der Waals surface area contributed by atoms with Gasteiger partial charge in [0.15, 0.2) is 5.65 Å². The van der Waals surface area contributed by atoms with E-state index in [9.17, 15) is 9.59 Å². The minimum absolute atomic E-state index is 0.204. The number of aromatic nitrogens is 3. The number of carbonyl (C=O) groups is 1. The Morgan fingerprint density at radius 2 is 2.31 bits per heavy atom. The topological polar surface area (TPSA) is 82.4 Å². The molecule has 2 rings (SSSR count). The van der Waals surface area contributed by atoms with Crippen LogP contribution < -0.4 is 11.4 Å². The van der Waals surface area contributed by atoms with Gasteiger partial charge in [-0.15, -0.1) is 5.10 Å². The number of primary amides is 1. The summed E-state index contributed by atoms with van der Waals surface area (Å²) < 4.78 is 2.68. The molecule has 0 saturated carbocycles. The first-order valence-electron chi connectivity index (χ1n) is 4.93. The lowest BCUT2D eigenvalue weighted by Gasteiger charge is -2.04. The Hall–Kier alpha value is -2.11. The molecule has 1 unspecified atom stereocenters. The predicted molar refractivity (Wildman–Crippen MR) is 57.8 cm³/mol. The Bertz CT molecular complexity index is 584. The molecule has 1 amide bonds. The lowest BCUT2D eigenvalue weighted by atomic mass is 10.2. The average molecular weight is 220 g/mol. The van der Waals surface area contributed by atoms with Crippen LogP contribution in [-0.4, -0.2) is 20.1 Å². The van der Waals surface area contributed by atoms with Gasteiger partial charge < -0.3 is 5.73 Å². The van der Waals surface area contributed by atoms with E-state index in [1.54, 1.807) is 31.3 Å². The number of fused-ring (bicyclic) bond motifs is 1. The van der Waals surface area contributed by atoms with Gasteiger partial charge in [0, 0.05) is 6.20 Å². The van der Waals surface area contributed by atoms with Crippen LogP contribution in [0.2, 0.25) is 0 Å². The summed E-state index contributed by atoms with van der Waals surface area (Å²) in [4.78, 5) is 22.7. The van der Waals surface area contributed by atoms with Gasteiger partial charge in [0.2, 0.25) is 5.91 Å². The number of nitrogens with two attached hydrogens (primary N) is 1. The van der Waals surface area contributed by atoms with Gasteiger partial charge in [0.05, 0.1) is 12.5 Å². The van der Waals surface area contributed by atoms with Crippen molar-refractivity contribution in [2.24, 2.45) is 11.7 Å². The molecule has 0 aromatic carbocycles. The van der Waals surface area contributed by atoms with Crippen LogP contribution in [0.1, 0.15) is 6.92 Å². The highest BCUT2D eigenvalue weighted by Gasteiger charge is 2.13. The van der Waals surface area contributed by atoms with E-state index in [1.165, 1.54) is 9.08 Å². The van der Waals surface area contributed by atoms with Crippen molar-refractivity contribution < 1.29 is 4.79 Å². The lowest BCUT2D eigenvalue weighted by Crippen LogP contribution is -2.30. The molecule has 0 spiro atoms. The standard InChI is InChI=1S/C10H12N4O2/c1-7(9(11)15)6-14-10(16)13-5-3-2-4-8(13)12-14/h2-5,7H,6H2,1H3,(H2,11,15). The molecule has 2 N–H and O–H groups in total. The average Bonchev–Trinajstić information content (AvgIpc) is 2.56. The molecular formula is C10H12N4O2. The smallest absolute Gasteiger partial charge is 0.350 e. The third kappa shape index (κ3) is 1.69. The van der Waals surface area contributed by atoms with Gasteiger partial charge in [0.1, 0.15) is 0 Å². The zero-order chi connectivity index (χ0) is 11.7. The highest BCUT2D eigenvalue weighted by Crippen LogP contribution is 1.99. The Morgan fingerprint density at radius 3 is 2.94 bits per heavy atom. The van der Waals surface area contributed by atoms with E-state index in [-0.39, 0.29) is 12.2 Å².